The second-order valence-electron chi connectivity index (χ2n) is 6.62. The highest BCUT2D eigenvalue weighted by Crippen LogP contribution is 2.38. The maximum absolute atomic E-state index is 11.4. The Kier molecular flexibility index (Phi) is 3.99. The molecule has 0 aliphatic heterocycles. The molecule has 21 heavy (non-hydrogen) atoms. The van der Waals surface area contributed by atoms with Gasteiger partial charge in [-0.25, -0.2) is 0 Å². The van der Waals surface area contributed by atoms with E-state index in [2.05, 4.69) is 65.8 Å². The summed E-state index contributed by atoms with van der Waals surface area (Å²) in [5.41, 5.74) is 8.17. The molecule has 0 saturated carbocycles. The number of aryl methyl sites for hydroxylation is 6. The largest absolute Gasteiger partial charge is 0.381 e. The van der Waals surface area contributed by atoms with E-state index in [-0.39, 0.29) is 0 Å². The highest BCUT2D eigenvalue weighted by Gasteiger charge is 2.32. The molecular weight excluding hydrogens is 256 g/mol. The monoisotopic (exact) mass is 282 g/mol. The van der Waals surface area contributed by atoms with Gasteiger partial charge in [-0.15, -0.1) is 0 Å². The van der Waals surface area contributed by atoms with Gasteiger partial charge in [-0.05, 0) is 81.8 Å². The van der Waals surface area contributed by atoms with Crippen molar-refractivity contribution in [3.63, 3.8) is 0 Å². The SMILES string of the molecule is Cc1cc(C)c(C(C)(O)c2c(C)cc(C)cc2C)c(C)c1. The van der Waals surface area contributed by atoms with Crippen LogP contribution in [0, 0.1) is 41.5 Å². The van der Waals surface area contributed by atoms with Crippen molar-refractivity contribution in [2.45, 2.75) is 54.1 Å². The lowest BCUT2D eigenvalue weighted by Crippen LogP contribution is -2.27. The molecule has 2 aromatic rings. The van der Waals surface area contributed by atoms with E-state index in [0.29, 0.717) is 0 Å². The number of hydrogen-bond donors (Lipinski definition) is 1. The lowest BCUT2D eigenvalue weighted by atomic mass is 9.78. The molecule has 112 valence electrons. The molecule has 0 saturated heterocycles. The van der Waals surface area contributed by atoms with Crippen LogP contribution in [-0.4, -0.2) is 5.11 Å². The zero-order valence-corrected chi connectivity index (χ0v) is 14.3. The molecule has 0 bridgehead atoms. The van der Waals surface area contributed by atoms with E-state index in [1.165, 1.54) is 11.1 Å². The molecular formula is C20H26O. The molecule has 0 atom stereocenters. The fraction of sp³-hybridized carbons (Fsp3) is 0.400. The van der Waals surface area contributed by atoms with E-state index in [1.54, 1.807) is 0 Å². The Balaban J connectivity index is 2.74. The van der Waals surface area contributed by atoms with Gasteiger partial charge in [0.05, 0.1) is 0 Å². The molecule has 0 radical (unpaired) electrons. The molecule has 1 nitrogen and oxygen atoms in total. The van der Waals surface area contributed by atoms with Crippen LogP contribution in [0.3, 0.4) is 0 Å². The molecule has 2 rings (SSSR count). The second kappa shape index (κ2) is 5.31. The van der Waals surface area contributed by atoms with Crippen molar-refractivity contribution in [2.75, 3.05) is 0 Å². The van der Waals surface area contributed by atoms with Gasteiger partial charge in [-0.3, -0.25) is 0 Å². The summed E-state index contributed by atoms with van der Waals surface area (Å²) < 4.78 is 0. The number of benzene rings is 2. The summed E-state index contributed by atoms with van der Waals surface area (Å²) in [5, 5.41) is 11.4. The van der Waals surface area contributed by atoms with Crippen molar-refractivity contribution in [3.05, 3.63) is 68.8 Å². The summed E-state index contributed by atoms with van der Waals surface area (Å²) in [4.78, 5) is 0. The minimum Gasteiger partial charge on any atom is -0.381 e. The second-order valence-corrected chi connectivity index (χ2v) is 6.62. The predicted octanol–water partition coefficient (Wildman–Crippen LogP) is 4.79. The standard InChI is InChI=1S/C20H26O/c1-12-8-14(3)18(15(4)9-12)20(7,21)19-16(5)10-13(2)11-17(19)6/h8-11,21H,1-7H3. The van der Waals surface area contributed by atoms with E-state index >= 15 is 0 Å². The third kappa shape index (κ3) is 2.75. The molecule has 0 unspecified atom stereocenters. The van der Waals surface area contributed by atoms with E-state index in [4.69, 9.17) is 0 Å². The highest BCUT2D eigenvalue weighted by atomic mass is 16.3. The average Bonchev–Trinajstić information content (AvgIpc) is 2.23. The first-order valence-corrected chi connectivity index (χ1v) is 7.53. The Hall–Kier alpha value is -1.60. The zero-order valence-electron chi connectivity index (χ0n) is 14.3. The van der Waals surface area contributed by atoms with Crippen molar-refractivity contribution in [1.29, 1.82) is 0 Å². The highest BCUT2D eigenvalue weighted by molar-refractivity contribution is 5.51. The van der Waals surface area contributed by atoms with Gasteiger partial charge < -0.3 is 5.11 Å². The van der Waals surface area contributed by atoms with Gasteiger partial charge in [0.25, 0.3) is 0 Å². The van der Waals surface area contributed by atoms with Crippen molar-refractivity contribution in [2.24, 2.45) is 0 Å². The van der Waals surface area contributed by atoms with Crippen molar-refractivity contribution in [1.82, 2.24) is 0 Å². The summed E-state index contributed by atoms with van der Waals surface area (Å²) >= 11 is 0. The quantitative estimate of drug-likeness (QED) is 0.839. The van der Waals surface area contributed by atoms with Crippen LogP contribution in [0.25, 0.3) is 0 Å². The topological polar surface area (TPSA) is 20.2 Å². The molecule has 0 aromatic heterocycles. The maximum atomic E-state index is 11.4. The third-order valence-corrected chi connectivity index (χ3v) is 4.33. The minimum absolute atomic E-state index is 0.969. The van der Waals surface area contributed by atoms with E-state index in [1.807, 2.05) is 6.92 Å². The lowest BCUT2D eigenvalue weighted by Gasteiger charge is -2.31. The third-order valence-electron chi connectivity index (χ3n) is 4.33. The zero-order chi connectivity index (χ0) is 15.9. The van der Waals surface area contributed by atoms with Crippen LogP contribution >= 0.6 is 0 Å². The normalized spacial score (nSPS) is 11.8. The summed E-state index contributed by atoms with van der Waals surface area (Å²) in [6, 6.07) is 8.59. The minimum atomic E-state index is -0.969. The van der Waals surface area contributed by atoms with Crippen molar-refractivity contribution in [3.8, 4) is 0 Å². The van der Waals surface area contributed by atoms with Gasteiger partial charge >= 0.3 is 0 Å². The molecule has 1 heteroatoms. The first-order valence-electron chi connectivity index (χ1n) is 7.53. The van der Waals surface area contributed by atoms with Crippen LogP contribution in [0.5, 0.6) is 0 Å². The van der Waals surface area contributed by atoms with Crippen LogP contribution in [0.15, 0.2) is 24.3 Å². The van der Waals surface area contributed by atoms with Crippen LogP contribution < -0.4 is 0 Å². The van der Waals surface area contributed by atoms with Gasteiger partial charge in [-0.1, -0.05) is 35.4 Å². The van der Waals surface area contributed by atoms with Crippen LogP contribution in [0.1, 0.15) is 51.4 Å². The smallest absolute Gasteiger partial charge is 0.113 e. The van der Waals surface area contributed by atoms with Gasteiger partial charge in [0, 0.05) is 0 Å². The Bertz CT molecular complexity index is 587. The number of aliphatic hydroxyl groups is 1. The molecule has 1 N–H and O–H groups in total. The Morgan fingerprint density at radius 1 is 0.619 bits per heavy atom. The van der Waals surface area contributed by atoms with Gasteiger partial charge in [0.1, 0.15) is 5.60 Å². The first-order chi connectivity index (χ1) is 9.64. The molecule has 0 spiro atoms. The molecule has 0 aliphatic carbocycles. The van der Waals surface area contributed by atoms with E-state index in [0.717, 1.165) is 33.4 Å². The molecule has 0 amide bonds. The summed E-state index contributed by atoms with van der Waals surface area (Å²) in [6.07, 6.45) is 0. The van der Waals surface area contributed by atoms with Crippen molar-refractivity contribution < 1.29 is 5.11 Å². The van der Waals surface area contributed by atoms with Gasteiger partial charge in [-0.2, -0.15) is 0 Å². The maximum Gasteiger partial charge on any atom is 0.113 e. The fourth-order valence-corrected chi connectivity index (χ4v) is 4.02. The lowest BCUT2D eigenvalue weighted by molar-refractivity contribution is 0.0994. The van der Waals surface area contributed by atoms with Gasteiger partial charge in [0.15, 0.2) is 0 Å². The van der Waals surface area contributed by atoms with E-state index in [9.17, 15) is 5.11 Å². The molecule has 0 fully saturated rings. The summed E-state index contributed by atoms with van der Waals surface area (Å²) in [6.45, 7) is 14.5. The van der Waals surface area contributed by atoms with Crippen LogP contribution in [0.4, 0.5) is 0 Å². The van der Waals surface area contributed by atoms with Crippen LogP contribution in [-0.2, 0) is 5.60 Å². The molecule has 2 aromatic carbocycles. The predicted molar refractivity (Wildman–Crippen MR) is 90.0 cm³/mol. The Morgan fingerprint density at radius 3 is 1.10 bits per heavy atom. The van der Waals surface area contributed by atoms with Gasteiger partial charge in [0.2, 0.25) is 0 Å². The van der Waals surface area contributed by atoms with Crippen molar-refractivity contribution >= 4 is 0 Å². The number of rotatable bonds is 2. The fourth-order valence-electron chi connectivity index (χ4n) is 4.02. The Labute approximate surface area is 128 Å². The summed E-state index contributed by atoms with van der Waals surface area (Å²) in [5.74, 6) is 0. The summed E-state index contributed by atoms with van der Waals surface area (Å²) in [7, 11) is 0. The molecule has 0 aliphatic rings. The van der Waals surface area contributed by atoms with Crippen LogP contribution in [0.2, 0.25) is 0 Å². The average molecular weight is 282 g/mol. The Morgan fingerprint density at radius 2 is 0.857 bits per heavy atom. The first kappa shape index (κ1) is 15.8. The molecule has 0 heterocycles. The number of hydrogen-bond acceptors (Lipinski definition) is 1. The van der Waals surface area contributed by atoms with E-state index < -0.39 is 5.60 Å².